The molecule has 7 nitrogen and oxygen atoms in total. The molecule has 2 aromatic heterocycles. The van der Waals surface area contributed by atoms with Crippen LogP contribution >= 0.6 is 0 Å². The van der Waals surface area contributed by atoms with Gasteiger partial charge in [0.25, 0.3) is 6.01 Å². The largest absolute Gasteiger partial charge is 0.426 e. The Morgan fingerprint density at radius 1 is 1.00 bits per heavy atom. The Morgan fingerprint density at radius 2 is 1.79 bits per heavy atom. The van der Waals surface area contributed by atoms with Gasteiger partial charge in [0.1, 0.15) is 16.8 Å². The molecule has 1 aliphatic rings. The number of fused-ring (bicyclic) bond motifs is 2. The quantitative estimate of drug-likeness (QED) is 0.299. The molecule has 2 aromatic carbocycles. The third kappa shape index (κ3) is 3.47. The number of nitrogens with zero attached hydrogens (tertiary/aromatic N) is 2. The van der Waals surface area contributed by atoms with E-state index in [9.17, 15) is 9.59 Å². The zero-order chi connectivity index (χ0) is 19.8. The summed E-state index contributed by atoms with van der Waals surface area (Å²) in [7, 11) is 0. The molecule has 0 amide bonds. The molecule has 1 saturated heterocycles. The van der Waals surface area contributed by atoms with Crippen LogP contribution in [0, 0.1) is 5.92 Å². The number of piperidine rings is 1. The first kappa shape index (κ1) is 17.5. The van der Waals surface area contributed by atoms with Gasteiger partial charge < -0.3 is 18.5 Å². The first-order valence-corrected chi connectivity index (χ1v) is 9.52. The summed E-state index contributed by atoms with van der Waals surface area (Å²) in [4.78, 5) is 30.5. The first-order chi connectivity index (χ1) is 14.2. The number of esters is 1. The van der Waals surface area contributed by atoms with Gasteiger partial charge in [-0.15, -0.1) is 0 Å². The van der Waals surface area contributed by atoms with Crippen molar-refractivity contribution in [1.82, 2.24) is 4.98 Å². The summed E-state index contributed by atoms with van der Waals surface area (Å²) in [6, 6.07) is 16.3. The van der Waals surface area contributed by atoms with E-state index in [2.05, 4.69) is 9.88 Å². The molecule has 4 aromatic rings. The number of anilines is 1. The maximum Gasteiger partial charge on any atom is 0.336 e. The van der Waals surface area contributed by atoms with Crippen LogP contribution in [0.5, 0.6) is 5.75 Å². The van der Waals surface area contributed by atoms with Crippen LogP contribution < -0.4 is 15.3 Å². The summed E-state index contributed by atoms with van der Waals surface area (Å²) in [5, 5.41) is 0.774. The van der Waals surface area contributed by atoms with Crippen molar-refractivity contribution in [2.75, 3.05) is 18.0 Å². The molecule has 29 heavy (non-hydrogen) atoms. The molecule has 0 spiro atoms. The van der Waals surface area contributed by atoms with Crippen LogP contribution in [0.15, 0.2) is 68.2 Å². The lowest BCUT2D eigenvalue weighted by atomic mass is 9.97. The molecule has 1 aliphatic heterocycles. The Balaban J connectivity index is 1.24. The van der Waals surface area contributed by atoms with E-state index >= 15 is 0 Å². The highest BCUT2D eigenvalue weighted by molar-refractivity contribution is 5.80. The number of aromatic nitrogens is 1. The fraction of sp³-hybridized carbons (Fsp3) is 0.227. The lowest BCUT2D eigenvalue weighted by Gasteiger charge is -2.29. The Labute approximate surface area is 165 Å². The average molecular weight is 390 g/mol. The minimum atomic E-state index is -0.437. The van der Waals surface area contributed by atoms with Crippen molar-refractivity contribution in [3.05, 3.63) is 65.0 Å². The van der Waals surface area contributed by atoms with Crippen molar-refractivity contribution in [3.8, 4) is 5.75 Å². The van der Waals surface area contributed by atoms with E-state index in [4.69, 9.17) is 13.6 Å². The predicted octanol–water partition coefficient (Wildman–Crippen LogP) is 3.76. The lowest BCUT2D eigenvalue weighted by Crippen LogP contribution is -2.37. The SMILES string of the molecule is O=C(Oc1ccc2ccc(=O)oc2c1)C1CCN(c2nc3ccccc3o2)CC1. The second-order valence-electron chi connectivity index (χ2n) is 7.10. The monoisotopic (exact) mass is 390 g/mol. The molecule has 0 N–H and O–H groups in total. The van der Waals surface area contributed by atoms with Gasteiger partial charge in [0, 0.05) is 30.6 Å². The average Bonchev–Trinajstić information content (AvgIpc) is 3.18. The van der Waals surface area contributed by atoms with Crippen LogP contribution in [0.1, 0.15) is 12.8 Å². The van der Waals surface area contributed by atoms with Crippen LogP contribution in [0.2, 0.25) is 0 Å². The summed E-state index contributed by atoms with van der Waals surface area (Å²) in [5.74, 6) is -0.104. The van der Waals surface area contributed by atoms with E-state index in [0.29, 0.717) is 43.3 Å². The molecule has 7 heteroatoms. The summed E-state index contributed by atoms with van der Waals surface area (Å²) in [6.07, 6.45) is 1.31. The van der Waals surface area contributed by atoms with Gasteiger partial charge in [-0.25, -0.2) is 4.79 Å². The molecule has 0 bridgehead atoms. The minimum Gasteiger partial charge on any atom is -0.426 e. The standard InChI is InChI=1S/C22H18N2O5/c25-20-8-6-14-5-7-16(13-19(14)28-20)27-21(26)15-9-11-24(12-10-15)22-23-17-3-1-2-4-18(17)29-22/h1-8,13,15H,9-12H2. The highest BCUT2D eigenvalue weighted by Gasteiger charge is 2.28. The molecule has 5 rings (SSSR count). The molecule has 146 valence electrons. The third-order valence-corrected chi connectivity index (χ3v) is 5.19. The van der Waals surface area contributed by atoms with Gasteiger partial charge in [-0.1, -0.05) is 12.1 Å². The van der Waals surface area contributed by atoms with Crippen LogP contribution in [0.4, 0.5) is 6.01 Å². The molecule has 0 saturated carbocycles. The fourth-order valence-electron chi connectivity index (χ4n) is 3.61. The van der Waals surface area contributed by atoms with Crippen molar-refractivity contribution in [2.45, 2.75) is 12.8 Å². The van der Waals surface area contributed by atoms with Crippen molar-refractivity contribution in [3.63, 3.8) is 0 Å². The molecule has 3 heterocycles. The number of carbonyl (C=O) groups is 1. The summed E-state index contributed by atoms with van der Waals surface area (Å²) in [6.45, 7) is 1.33. The van der Waals surface area contributed by atoms with Gasteiger partial charge in [0.05, 0.1) is 5.92 Å². The summed E-state index contributed by atoms with van der Waals surface area (Å²) < 4.78 is 16.5. The maximum absolute atomic E-state index is 12.6. The van der Waals surface area contributed by atoms with Gasteiger partial charge >= 0.3 is 11.6 Å². The van der Waals surface area contributed by atoms with Crippen LogP contribution in [0.3, 0.4) is 0 Å². The van der Waals surface area contributed by atoms with Gasteiger partial charge in [0.2, 0.25) is 0 Å². The van der Waals surface area contributed by atoms with Crippen molar-refractivity contribution < 1.29 is 18.4 Å². The van der Waals surface area contributed by atoms with E-state index in [1.165, 1.54) is 6.07 Å². The number of hydrogen-bond donors (Lipinski definition) is 0. The predicted molar refractivity (Wildman–Crippen MR) is 107 cm³/mol. The van der Waals surface area contributed by atoms with Crippen LogP contribution in [-0.2, 0) is 4.79 Å². The minimum absolute atomic E-state index is 0.200. The second kappa shape index (κ2) is 7.09. The normalized spacial score (nSPS) is 15.1. The number of para-hydroxylation sites is 2. The number of oxazole rings is 1. The molecule has 0 radical (unpaired) electrons. The van der Waals surface area contributed by atoms with E-state index in [-0.39, 0.29) is 11.9 Å². The number of benzene rings is 2. The molecular formula is C22H18N2O5. The topological polar surface area (TPSA) is 85.8 Å². The van der Waals surface area contributed by atoms with Crippen molar-refractivity contribution in [2.24, 2.45) is 5.92 Å². The Kier molecular flexibility index (Phi) is 4.27. The maximum atomic E-state index is 12.6. The highest BCUT2D eigenvalue weighted by Crippen LogP contribution is 2.28. The lowest BCUT2D eigenvalue weighted by molar-refractivity contribution is -0.139. The van der Waals surface area contributed by atoms with Gasteiger partial charge in [-0.05, 0) is 43.2 Å². The molecule has 0 atom stereocenters. The second-order valence-corrected chi connectivity index (χ2v) is 7.10. The Morgan fingerprint density at radius 3 is 2.62 bits per heavy atom. The Bertz CT molecular complexity index is 1220. The molecule has 0 aliphatic carbocycles. The van der Waals surface area contributed by atoms with Gasteiger partial charge in [-0.2, -0.15) is 4.98 Å². The van der Waals surface area contributed by atoms with E-state index in [1.54, 1.807) is 24.3 Å². The number of carbonyl (C=O) groups excluding carboxylic acids is 1. The molecular weight excluding hydrogens is 372 g/mol. The Hall–Kier alpha value is -3.61. The number of ether oxygens (including phenoxy) is 1. The van der Waals surface area contributed by atoms with Gasteiger partial charge in [-0.3, -0.25) is 4.79 Å². The zero-order valence-electron chi connectivity index (χ0n) is 15.5. The summed E-state index contributed by atoms with van der Waals surface area (Å²) in [5.41, 5.74) is 1.54. The van der Waals surface area contributed by atoms with Gasteiger partial charge in [0.15, 0.2) is 5.58 Å². The first-order valence-electron chi connectivity index (χ1n) is 9.52. The van der Waals surface area contributed by atoms with Crippen LogP contribution in [0.25, 0.3) is 22.1 Å². The van der Waals surface area contributed by atoms with E-state index < -0.39 is 5.63 Å². The number of rotatable bonds is 3. The fourth-order valence-corrected chi connectivity index (χ4v) is 3.61. The highest BCUT2D eigenvalue weighted by atomic mass is 16.5. The smallest absolute Gasteiger partial charge is 0.336 e. The summed E-state index contributed by atoms with van der Waals surface area (Å²) >= 11 is 0. The number of hydrogen-bond acceptors (Lipinski definition) is 7. The van der Waals surface area contributed by atoms with Crippen molar-refractivity contribution >= 4 is 34.1 Å². The van der Waals surface area contributed by atoms with Crippen LogP contribution in [-0.4, -0.2) is 24.0 Å². The molecule has 0 unspecified atom stereocenters. The third-order valence-electron chi connectivity index (χ3n) is 5.19. The van der Waals surface area contributed by atoms with E-state index in [1.807, 2.05) is 24.3 Å². The molecule has 1 fully saturated rings. The zero-order valence-corrected chi connectivity index (χ0v) is 15.5. The van der Waals surface area contributed by atoms with E-state index in [0.717, 1.165) is 16.5 Å². The van der Waals surface area contributed by atoms with Crippen molar-refractivity contribution in [1.29, 1.82) is 0 Å².